The van der Waals surface area contributed by atoms with Crippen molar-refractivity contribution < 1.29 is 9.47 Å². The number of guanidine groups is 1. The Kier molecular flexibility index (Phi) is 11.1. The molecule has 2 unspecified atom stereocenters. The average molecular weight is 465 g/mol. The lowest BCUT2D eigenvalue weighted by Gasteiger charge is -2.19. The lowest BCUT2D eigenvalue weighted by Crippen LogP contribution is -2.44. The Bertz CT molecular complexity index is 503. The van der Waals surface area contributed by atoms with Crippen LogP contribution in [-0.4, -0.2) is 61.1 Å². The largest absolute Gasteiger partial charge is 0.379 e. The Labute approximate surface area is 168 Å². The third kappa shape index (κ3) is 8.37. The highest BCUT2D eigenvalue weighted by molar-refractivity contribution is 14.0. The molecular weight excluding hydrogens is 433 g/mol. The van der Waals surface area contributed by atoms with Gasteiger partial charge >= 0.3 is 0 Å². The maximum atomic E-state index is 5.83. The Morgan fingerprint density at radius 3 is 3.00 bits per heavy atom. The van der Waals surface area contributed by atoms with Crippen LogP contribution in [0, 0.1) is 6.92 Å². The summed E-state index contributed by atoms with van der Waals surface area (Å²) in [6.45, 7) is 8.24. The van der Waals surface area contributed by atoms with Crippen LogP contribution in [0.5, 0.6) is 0 Å². The molecule has 2 atom stereocenters. The fourth-order valence-corrected chi connectivity index (χ4v) is 2.65. The first-order valence-electron chi connectivity index (χ1n) is 8.83. The van der Waals surface area contributed by atoms with Crippen LogP contribution in [0.1, 0.15) is 32.0 Å². The molecule has 2 N–H and O–H groups in total. The van der Waals surface area contributed by atoms with Crippen molar-refractivity contribution in [2.24, 2.45) is 4.99 Å². The minimum absolute atomic E-state index is 0. The van der Waals surface area contributed by atoms with Gasteiger partial charge in [-0.1, -0.05) is 0 Å². The number of rotatable bonds is 9. The van der Waals surface area contributed by atoms with Crippen molar-refractivity contribution in [3.63, 3.8) is 0 Å². The summed E-state index contributed by atoms with van der Waals surface area (Å²) in [5.41, 5.74) is 0. The molecule has 1 aromatic rings. The molecular formula is C17H32IN5O2. The highest BCUT2D eigenvalue weighted by Crippen LogP contribution is 2.08. The second-order valence-corrected chi connectivity index (χ2v) is 6.24. The SMILES string of the molecule is CN=C(NCCCCn1ccnc1C)NC(C)COC1CCOC1.I. The van der Waals surface area contributed by atoms with E-state index < -0.39 is 0 Å². The second-order valence-electron chi connectivity index (χ2n) is 6.24. The molecule has 1 aliphatic rings. The number of aryl methyl sites for hydroxylation is 2. The van der Waals surface area contributed by atoms with Gasteiger partial charge in [-0.3, -0.25) is 4.99 Å². The van der Waals surface area contributed by atoms with E-state index in [-0.39, 0.29) is 36.1 Å². The molecule has 1 saturated heterocycles. The number of hydrogen-bond acceptors (Lipinski definition) is 4. The minimum atomic E-state index is 0. The summed E-state index contributed by atoms with van der Waals surface area (Å²) in [6.07, 6.45) is 7.32. The molecule has 1 aromatic heterocycles. The van der Waals surface area contributed by atoms with Crippen LogP contribution in [0.2, 0.25) is 0 Å². The van der Waals surface area contributed by atoms with E-state index >= 15 is 0 Å². The molecule has 0 radical (unpaired) electrons. The van der Waals surface area contributed by atoms with Crippen LogP contribution < -0.4 is 10.6 Å². The summed E-state index contributed by atoms with van der Waals surface area (Å²) in [6, 6.07) is 0.213. The predicted octanol–water partition coefficient (Wildman–Crippen LogP) is 1.95. The van der Waals surface area contributed by atoms with Gasteiger partial charge in [-0.05, 0) is 33.1 Å². The molecule has 0 bridgehead atoms. The van der Waals surface area contributed by atoms with E-state index in [1.54, 1.807) is 7.05 Å². The fraction of sp³-hybridized carbons (Fsp3) is 0.765. The number of halogens is 1. The molecule has 25 heavy (non-hydrogen) atoms. The Morgan fingerprint density at radius 1 is 1.52 bits per heavy atom. The average Bonchev–Trinajstić information content (AvgIpc) is 3.23. The summed E-state index contributed by atoms with van der Waals surface area (Å²) >= 11 is 0. The van der Waals surface area contributed by atoms with Crippen LogP contribution in [0.15, 0.2) is 17.4 Å². The van der Waals surface area contributed by atoms with Gasteiger partial charge in [0.25, 0.3) is 0 Å². The predicted molar refractivity (Wildman–Crippen MR) is 111 cm³/mol. The van der Waals surface area contributed by atoms with Crippen molar-refractivity contribution in [2.75, 3.05) is 33.4 Å². The van der Waals surface area contributed by atoms with Crippen molar-refractivity contribution >= 4 is 29.9 Å². The van der Waals surface area contributed by atoms with Crippen molar-refractivity contribution in [2.45, 2.75) is 51.8 Å². The van der Waals surface area contributed by atoms with Crippen LogP contribution in [-0.2, 0) is 16.0 Å². The van der Waals surface area contributed by atoms with Crippen LogP contribution >= 0.6 is 24.0 Å². The second kappa shape index (κ2) is 12.5. The van der Waals surface area contributed by atoms with Gasteiger partial charge in [0.2, 0.25) is 0 Å². The topological polar surface area (TPSA) is 72.7 Å². The van der Waals surface area contributed by atoms with E-state index in [9.17, 15) is 0 Å². The van der Waals surface area contributed by atoms with Gasteiger partial charge < -0.3 is 24.7 Å². The minimum Gasteiger partial charge on any atom is -0.379 e. The number of nitrogens with zero attached hydrogens (tertiary/aromatic N) is 3. The van der Waals surface area contributed by atoms with Crippen molar-refractivity contribution in [3.05, 3.63) is 18.2 Å². The van der Waals surface area contributed by atoms with E-state index in [1.165, 1.54) is 0 Å². The molecule has 0 aliphatic carbocycles. The zero-order valence-electron chi connectivity index (χ0n) is 15.5. The molecule has 2 rings (SSSR count). The van der Waals surface area contributed by atoms with E-state index in [4.69, 9.17) is 9.47 Å². The maximum Gasteiger partial charge on any atom is 0.191 e. The van der Waals surface area contributed by atoms with Crippen LogP contribution in [0.25, 0.3) is 0 Å². The van der Waals surface area contributed by atoms with E-state index in [0.717, 1.165) is 57.3 Å². The molecule has 0 saturated carbocycles. The summed E-state index contributed by atoms with van der Waals surface area (Å²) < 4.78 is 13.3. The number of nitrogens with one attached hydrogen (secondary N) is 2. The summed E-state index contributed by atoms with van der Waals surface area (Å²) in [5.74, 6) is 1.90. The molecule has 2 heterocycles. The standard InChI is InChI=1S/C17H31N5O2.HI/c1-14(12-24-16-6-11-23-13-16)21-17(18-3)20-7-4-5-9-22-10-8-19-15(22)2;/h8,10,14,16H,4-7,9,11-13H2,1-3H3,(H2,18,20,21);1H. The lowest BCUT2D eigenvalue weighted by atomic mass is 10.3. The molecule has 0 spiro atoms. The van der Waals surface area contributed by atoms with Gasteiger partial charge in [-0.15, -0.1) is 24.0 Å². The lowest BCUT2D eigenvalue weighted by molar-refractivity contribution is 0.0347. The molecule has 0 aromatic carbocycles. The van der Waals surface area contributed by atoms with Crippen LogP contribution in [0.3, 0.4) is 0 Å². The third-order valence-corrected chi connectivity index (χ3v) is 4.12. The zero-order chi connectivity index (χ0) is 17.2. The van der Waals surface area contributed by atoms with Gasteiger partial charge in [0, 0.05) is 45.2 Å². The first-order chi connectivity index (χ1) is 11.7. The molecule has 8 heteroatoms. The normalized spacial score (nSPS) is 18.7. The number of ether oxygens (including phenoxy) is 2. The molecule has 1 fully saturated rings. The molecule has 1 aliphatic heterocycles. The quantitative estimate of drug-likeness (QED) is 0.253. The molecule has 144 valence electrons. The van der Waals surface area contributed by atoms with Crippen molar-refractivity contribution in [1.82, 2.24) is 20.2 Å². The van der Waals surface area contributed by atoms with Gasteiger partial charge in [-0.2, -0.15) is 0 Å². The van der Waals surface area contributed by atoms with Gasteiger partial charge in [0.1, 0.15) is 5.82 Å². The van der Waals surface area contributed by atoms with Crippen molar-refractivity contribution in [1.29, 1.82) is 0 Å². The summed E-state index contributed by atoms with van der Waals surface area (Å²) in [4.78, 5) is 8.50. The van der Waals surface area contributed by atoms with E-state index in [1.807, 2.05) is 19.3 Å². The first kappa shape index (κ1) is 22.2. The Morgan fingerprint density at radius 2 is 2.36 bits per heavy atom. The molecule has 7 nitrogen and oxygen atoms in total. The first-order valence-corrected chi connectivity index (χ1v) is 8.83. The number of unbranched alkanes of at least 4 members (excludes halogenated alkanes) is 1. The van der Waals surface area contributed by atoms with E-state index in [2.05, 4.69) is 32.1 Å². The monoisotopic (exact) mass is 465 g/mol. The molecule has 0 amide bonds. The zero-order valence-corrected chi connectivity index (χ0v) is 17.9. The van der Waals surface area contributed by atoms with Gasteiger partial charge in [0.15, 0.2) is 5.96 Å². The maximum absolute atomic E-state index is 5.83. The number of aliphatic imine (C=N–C) groups is 1. The highest BCUT2D eigenvalue weighted by Gasteiger charge is 2.17. The van der Waals surface area contributed by atoms with Gasteiger partial charge in [0.05, 0.1) is 19.3 Å². The van der Waals surface area contributed by atoms with Crippen molar-refractivity contribution in [3.8, 4) is 0 Å². The van der Waals surface area contributed by atoms with Gasteiger partial charge in [-0.25, -0.2) is 4.98 Å². The smallest absolute Gasteiger partial charge is 0.191 e. The van der Waals surface area contributed by atoms with E-state index in [0.29, 0.717) is 6.61 Å². The number of aromatic nitrogens is 2. The highest BCUT2D eigenvalue weighted by atomic mass is 127. The third-order valence-electron chi connectivity index (χ3n) is 4.12. The number of hydrogen-bond donors (Lipinski definition) is 2. The summed E-state index contributed by atoms with van der Waals surface area (Å²) in [7, 11) is 1.79. The summed E-state index contributed by atoms with van der Waals surface area (Å²) in [5, 5.41) is 6.72. The van der Waals surface area contributed by atoms with Crippen LogP contribution in [0.4, 0.5) is 0 Å². The fourth-order valence-electron chi connectivity index (χ4n) is 2.65. The Balaban J connectivity index is 0.00000312. The Hall–Kier alpha value is -0.870. The number of imidazole rings is 1.